The summed E-state index contributed by atoms with van der Waals surface area (Å²) in [6, 6.07) is 6.60. The molecule has 0 saturated carbocycles. The summed E-state index contributed by atoms with van der Waals surface area (Å²) in [6.45, 7) is 4.37. The van der Waals surface area contributed by atoms with Gasteiger partial charge in [0, 0.05) is 65.1 Å². The largest absolute Gasteiger partial charge is 0.461 e. The Balaban J connectivity index is 1.25. The van der Waals surface area contributed by atoms with Crippen molar-refractivity contribution < 1.29 is 9.13 Å². The molecule has 0 spiro atoms. The molecule has 0 aliphatic carbocycles. The van der Waals surface area contributed by atoms with Gasteiger partial charge in [0.1, 0.15) is 23.6 Å². The summed E-state index contributed by atoms with van der Waals surface area (Å²) in [5.41, 5.74) is 0.968. The second-order valence-corrected chi connectivity index (χ2v) is 12.2. The highest BCUT2D eigenvalue weighted by molar-refractivity contribution is 6.36. The summed E-state index contributed by atoms with van der Waals surface area (Å²) in [4.78, 5) is 23.3. The van der Waals surface area contributed by atoms with E-state index in [0.29, 0.717) is 40.5 Å². The Morgan fingerprint density at radius 1 is 1.05 bits per heavy atom. The maximum absolute atomic E-state index is 16.5. The number of nitrogens with one attached hydrogen (secondary N) is 1. The lowest BCUT2D eigenvalue weighted by Crippen LogP contribution is -2.51. The first-order chi connectivity index (χ1) is 19.6. The lowest BCUT2D eigenvalue weighted by atomic mass is 9.95. The number of halogens is 2. The molecule has 2 bridgehead atoms. The number of nitrogens with zero attached hydrogens (tertiary/aromatic N) is 6. The Morgan fingerprint density at radius 3 is 2.65 bits per heavy atom. The molecule has 7 heterocycles. The van der Waals surface area contributed by atoms with Crippen LogP contribution in [0.25, 0.3) is 32.9 Å². The zero-order chi connectivity index (χ0) is 26.8. The zero-order valence-electron chi connectivity index (χ0n) is 22.2. The number of rotatable bonds is 5. The molecule has 4 saturated heterocycles. The van der Waals surface area contributed by atoms with E-state index in [-0.39, 0.29) is 22.8 Å². The molecular formula is C30H31ClFN7O. The molecule has 8 rings (SSSR count). The van der Waals surface area contributed by atoms with E-state index in [2.05, 4.69) is 30.1 Å². The summed E-state index contributed by atoms with van der Waals surface area (Å²) >= 11 is 6.57. The average molecular weight is 560 g/mol. The van der Waals surface area contributed by atoms with Gasteiger partial charge >= 0.3 is 6.01 Å². The third kappa shape index (κ3) is 3.93. The smallest absolute Gasteiger partial charge is 0.319 e. The minimum absolute atomic E-state index is 0.0416. The van der Waals surface area contributed by atoms with Crippen molar-refractivity contribution in [2.24, 2.45) is 0 Å². The van der Waals surface area contributed by atoms with Crippen LogP contribution < -0.4 is 15.0 Å². The second kappa shape index (κ2) is 9.46. The quantitative estimate of drug-likeness (QED) is 0.367. The van der Waals surface area contributed by atoms with E-state index in [0.717, 1.165) is 62.6 Å². The lowest BCUT2D eigenvalue weighted by Gasteiger charge is -2.34. The van der Waals surface area contributed by atoms with Gasteiger partial charge in [-0.2, -0.15) is 9.97 Å². The van der Waals surface area contributed by atoms with Gasteiger partial charge in [0.25, 0.3) is 0 Å². The van der Waals surface area contributed by atoms with Crippen LogP contribution in [0.2, 0.25) is 5.02 Å². The van der Waals surface area contributed by atoms with Gasteiger partial charge in [-0.15, -0.1) is 0 Å². The maximum atomic E-state index is 16.5. The molecule has 3 aromatic heterocycles. The molecule has 2 atom stereocenters. The fourth-order valence-corrected chi connectivity index (χ4v) is 7.80. The van der Waals surface area contributed by atoms with E-state index < -0.39 is 5.82 Å². The van der Waals surface area contributed by atoms with Crippen LogP contribution in [-0.2, 0) is 0 Å². The molecule has 4 aliphatic heterocycles. The molecule has 4 aromatic rings. The molecule has 0 radical (unpaired) electrons. The van der Waals surface area contributed by atoms with E-state index >= 15 is 4.39 Å². The van der Waals surface area contributed by atoms with Gasteiger partial charge in [0.2, 0.25) is 0 Å². The fourth-order valence-electron chi connectivity index (χ4n) is 7.51. The van der Waals surface area contributed by atoms with Crippen LogP contribution in [0.4, 0.5) is 10.2 Å². The SMILES string of the molecule is Fc1c(-c2cncc3cccc(Cl)c23)ncc2c(N3CC4CCC(C3)N4)nc(OCC34CCCN3CCC4)nc12. The molecule has 4 fully saturated rings. The van der Waals surface area contributed by atoms with Crippen molar-refractivity contribution in [3.63, 3.8) is 0 Å². The van der Waals surface area contributed by atoms with Gasteiger partial charge in [-0.25, -0.2) is 4.39 Å². The standard InChI is InChI=1S/C30H31ClFN7O/c31-23-5-1-4-18-12-33-13-21(24(18)23)26-25(32)27-22(14-34-26)28(38-15-19-6-7-20(16-38)35-19)37-29(36-27)40-17-30-8-2-10-39(30)11-3-9-30/h1,4-5,12-14,19-20,35H,2-3,6-11,15-17H2. The molecule has 1 aromatic carbocycles. The maximum Gasteiger partial charge on any atom is 0.319 e. The minimum Gasteiger partial charge on any atom is -0.461 e. The van der Waals surface area contributed by atoms with Crippen molar-refractivity contribution in [2.45, 2.75) is 56.1 Å². The summed E-state index contributed by atoms with van der Waals surface area (Å²) in [5.74, 6) is 0.178. The normalized spacial score (nSPS) is 23.8. The van der Waals surface area contributed by atoms with Gasteiger partial charge in [-0.1, -0.05) is 23.7 Å². The molecule has 206 valence electrons. The molecule has 0 amide bonds. The number of ether oxygens (including phenoxy) is 1. The van der Waals surface area contributed by atoms with Gasteiger partial charge < -0.3 is 15.0 Å². The number of pyridine rings is 2. The fraction of sp³-hybridized carbons (Fsp3) is 0.467. The highest BCUT2D eigenvalue weighted by Crippen LogP contribution is 2.40. The number of anilines is 1. The Hall–Kier alpha value is -3.14. The highest BCUT2D eigenvalue weighted by Gasteiger charge is 2.45. The number of hydrogen-bond donors (Lipinski definition) is 1. The third-order valence-electron chi connectivity index (χ3n) is 9.43. The Labute approximate surface area is 236 Å². The van der Waals surface area contributed by atoms with E-state index in [9.17, 15) is 0 Å². The Bertz CT molecular complexity index is 1610. The molecule has 4 aliphatic rings. The van der Waals surface area contributed by atoms with Crippen molar-refractivity contribution in [1.82, 2.24) is 30.2 Å². The van der Waals surface area contributed by atoms with Crippen LogP contribution in [0.15, 0.2) is 36.8 Å². The van der Waals surface area contributed by atoms with Crippen molar-refractivity contribution in [3.05, 3.63) is 47.6 Å². The van der Waals surface area contributed by atoms with Crippen LogP contribution in [0, 0.1) is 5.82 Å². The summed E-state index contributed by atoms with van der Waals surface area (Å²) < 4.78 is 22.9. The zero-order valence-corrected chi connectivity index (χ0v) is 23.0. The molecule has 10 heteroatoms. The topological polar surface area (TPSA) is 79.3 Å². The van der Waals surface area contributed by atoms with Crippen molar-refractivity contribution in [3.8, 4) is 17.3 Å². The van der Waals surface area contributed by atoms with E-state index in [1.54, 1.807) is 24.7 Å². The summed E-state index contributed by atoms with van der Waals surface area (Å²) in [6.07, 6.45) is 11.9. The molecule has 2 unspecified atom stereocenters. The average Bonchev–Trinajstić information content (AvgIpc) is 3.65. The molecule has 1 N–H and O–H groups in total. The van der Waals surface area contributed by atoms with E-state index in [4.69, 9.17) is 21.3 Å². The highest BCUT2D eigenvalue weighted by atomic mass is 35.5. The van der Waals surface area contributed by atoms with Crippen molar-refractivity contribution >= 4 is 39.1 Å². The van der Waals surface area contributed by atoms with Crippen LogP contribution in [0.1, 0.15) is 38.5 Å². The number of benzene rings is 1. The van der Waals surface area contributed by atoms with Crippen LogP contribution in [-0.4, -0.2) is 75.2 Å². The van der Waals surface area contributed by atoms with Gasteiger partial charge in [0.05, 0.1) is 10.9 Å². The predicted octanol–water partition coefficient (Wildman–Crippen LogP) is 4.98. The summed E-state index contributed by atoms with van der Waals surface area (Å²) in [5, 5.41) is 6.34. The number of hydrogen-bond acceptors (Lipinski definition) is 8. The van der Waals surface area contributed by atoms with Crippen LogP contribution in [0.3, 0.4) is 0 Å². The van der Waals surface area contributed by atoms with Crippen molar-refractivity contribution in [1.29, 1.82) is 0 Å². The Kier molecular flexibility index (Phi) is 5.83. The van der Waals surface area contributed by atoms with E-state index in [1.807, 2.05) is 12.1 Å². The monoisotopic (exact) mass is 559 g/mol. The first-order valence-electron chi connectivity index (χ1n) is 14.4. The lowest BCUT2D eigenvalue weighted by molar-refractivity contribution is 0.108. The van der Waals surface area contributed by atoms with Gasteiger partial charge in [-0.05, 0) is 57.7 Å². The van der Waals surface area contributed by atoms with Gasteiger partial charge in [0.15, 0.2) is 5.82 Å². The second-order valence-electron chi connectivity index (χ2n) is 11.8. The predicted molar refractivity (Wildman–Crippen MR) is 153 cm³/mol. The third-order valence-corrected chi connectivity index (χ3v) is 9.74. The van der Waals surface area contributed by atoms with Crippen molar-refractivity contribution in [2.75, 3.05) is 37.7 Å². The number of aromatic nitrogens is 4. The Morgan fingerprint density at radius 2 is 1.85 bits per heavy atom. The first kappa shape index (κ1) is 24.6. The van der Waals surface area contributed by atoms with Crippen LogP contribution in [0.5, 0.6) is 6.01 Å². The minimum atomic E-state index is -0.514. The summed E-state index contributed by atoms with van der Waals surface area (Å²) in [7, 11) is 0. The molecular weight excluding hydrogens is 529 g/mol. The molecule has 40 heavy (non-hydrogen) atoms. The number of fused-ring (bicyclic) bond motifs is 5. The molecule has 8 nitrogen and oxygen atoms in total. The van der Waals surface area contributed by atoms with E-state index in [1.165, 1.54) is 12.8 Å². The first-order valence-corrected chi connectivity index (χ1v) is 14.7. The van der Waals surface area contributed by atoms with Gasteiger partial charge in [-0.3, -0.25) is 14.9 Å². The number of piperazine rings is 1. The van der Waals surface area contributed by atoms with Crippen LogP contribution >= 0.6 is 11.6 Å².